The number of benzene rings is 1. The first kappa shape index (κ1) is 25.9. The molecule has 170 valence electrons. The van der Waals surface area contributed by atoms with Crippen LogP contribution in [0.25, 0.3) is 0 Å². The standard InChI is InChI=1S/C22H35ClN2O5/c1-21(2,3)29-19(26)14-17(25-20(27)30-22(4,5)6)13-15-12-16(24-11-10-23)8-9-18(15)28-7/h8-9,12,17,24H,10-11,13-14H2,1-7H3,(H,25,27). The van der Waals surface area contributed by atoms with Crippen molar-refractivity contribution in [3.05, 3.63) is 23.8 Å². The average molecular weight is 443 g/mol. The van der Waals surface area contributed by atoms with Gasteiger partial charge in [0.25, 0.3) is 0 Å². The van der Waals surface area contributed by atoms with Crippen LogP contribution in [0.5, 0.6) is 5.75 Å². The normalized spacial score (nSPS) is 12.7. The van der Waals surface area contributed by atoms with Gasteiger partial charge >= 0.3 is 12.1 Å². The Morgan fingerprint density at radius 3 is 2.23 bits per heavy atom. The van der Waals surface area contributed by atoms with E-state index >= 15 is 0 Å². The van der Waals surface area contributed by atoms with Gasteiger partial charge in [0, 0.05) is 24.2 Å². The van der Waals surface area contributed by atoms with Gasteiger partial charge in [0.05, 0.1) is 13.5 Å². The zero-order chi connectivity index (χ0) is 22.9. The number of carbonyl (C=O) groups excluding carboxylic acids is 2. The molecular formula is C22H35ClN2O5. The predicted octanol–water partition coefficient (Wildman–Crippen LogP) is 4.51. The van der Waals surface area contributed by atoms with E-state index in [0.29, 0.717) is 24.6 Å². The number of anilines is 1. The van der Waals surface area contributed by atoms with Crippen LogP contribution in [0.3, 0.4) is 0 Å². The second kappa shape index (κ2) is 11.3. The minimum Gasteiger partial charge on any atom is -0.496 e. The number of hydrogen-bond acceptors (Lipinski definition) is 6. The summed E-state index contributed by atoms with van der Waals surface area (Å²) in [4.78, 5) is 24.8. The Morgan fingerprint density at radius 1 is 1.07 bits per heavy atom. The third-order valence-electron chi connectivity index (χ3n) is 3.72. The van der Waals surface area contributed by atoms with E-state index in [4.69, 9.17) is 25.8 Å². The fourth-order valence-electron chi connectivity index (χ4n) is 2.74. The Balaban J connectivity index is 3.05. The molecule has 0 saturated heterocycles. The fraction of sp³-hybridized carbons (Fsp3) is 0.636. The number of alkyl halides is 1. The Morgan fingerprint density at radius 2 is 1.70 bits per heavy atom. The molecule has 1 aromatic carbocycles. The summed E-state index contributed by atoms with van der Waals surface area (Å²) in [5, 5.41) is 6.01. The van der Waals surface area contributed by atoms with Gasteiger partial charge in [-0.3, -0.25) is 4.79 Å². The first-order valence-corrected chi connectivity index (χ1v) is 10.5. The van der Waals surface area contributed by atoms with E-state index in [1.165, 1.54) is 0 Å². The monoisotopic (exact) mass is 442 g/mol. The van der Waals surface area contributed by atoms with Gasteiger partial charge in [-0.15, -0.1) is 11.6 Å². The predicted molar refractivity (Wildman–Crippen MR) is 120 cm³/mol. The SMILES string of the molecule is COc1ccc(NCCCl)cc1CC(CC(=O)OC(C)(C)C)NC(=O)OC(C)(C)C. The summed E-state index contributed by atoms with van der Waals surface area (Å²) < 4.78 is 16.3. The van der Waals surface area contributed by atoms with Gasteiger partial charge in [0.1, 0.15) is 17.0 Å². The molecule has 0 saturated carbocycles. The summed E-state index contributed by atoms with van der Waals surface area (Å²) >= 11 is 5.75. The average Bonchev–Trinajstić information content (AvgIpc) is 2.56. The summed E-state index contributed by atoms with van der Waals surface area (Å²) in [5.74, 6) is 0.730. The van der Waals surface area contributed by atoms with Crippen LogP contribution in [-0.2, 0) is 20.7 Å². The van der Waals surface area contributed by atoms with Crippen LogP contribution in [0, 0.1) is 0 Å². The van der Waals surface area contributed by atoms with Gasteiger partial charge in [-0.25, -0.2) is 4.79 Å². The molecule has 1 unspecified atom stereocenters. The van der Waals surface area contributed by atoms with Crippen LogP contribution in [-0.4, -0.2) is 48.8 Å². The van der Waals surface area contributed by atoms with Crippen molar-refractivity contribution < 1.29 is 23.8 Å². The zero-order valence-electron chi connectivity index (χ0n) is 19.1. The summed E-state index contributed by atoms with van der Waals surface area (Å²) in [6.07, 6.45) is -0.233. The lowest BCUT2D eigenvalue weighted by atomic mass is 10.0. The molecule has 0 fully saturated rings. The molecule has 1 aromatic rings. The van der Waals surface area contributed by atoms with Gasteiger partial charge in [0.2, 0.25) is 0 Å². The molecule has 2 N–H and O–H groups in total. The second-order valence-corrected chi connectivity index (χ2v) is 9.36. The highest BCUT2D eigenvalue weighted by atomic mass is 35.5. The first-order valence-electron chi connectivity index (χ1n) is 10.0. The lowest BCUT2D eigenvalue weighted by Gasteiger charge is -2.25. The van der Waals surface area contributed by atoms with Crippen LogP contribution in [0.1, 0.15) is 53.5 Å². The number of amides is 1. The van der Waals surface area contributed by atoms with Crippen LogP contribution in [0.15, 0.2) is 18.2 Å². The molecule has 0 heterocycles. The highest BCUT2D eigenvalue weighted by Crippen LogP contribution is 2.25. The fourth-order valence-corrected chi connectivity index (χ4v) is 2.83. The Kier molecular flexibility index (Phi) is 9.75. The van der Waals surface area contributed by atoms with Crippen LogP contribution in [0.4, 0.5) is 10.5 Å². The molecule has 7 nitrogen and oxygen atoms in total. The molecule has 1 atom stereocenters. The number of nitrogens with one attached hydrogen (secondary N) is 2. The van der Waals surface area contributed by atoms with E-state index in [9.17, 15) is 9.59 Å². The van der Waals surface area contributed by atoms with Crippen molar-refractivity contribution in [1.29, 1.82) is 0 Å². The smallest absolute Gasteiger partial charge is 0.407 e. The van der Waals surface area contributed by atoms with Crippen molar-refractivity contribution in [3.8, 4) is 5.75 Å². The lowest BCUT2D eigenvalue weighted by molar-refractivity contribution is -0.155. The van der Waals surface area contributed by atoms with Gasteiger partial charge in [-0.2, -0.15) is 0 Å². The molecule has 30 heavy (non-hydrogen) atoms. The van der Waals surface area contributed by atoms with Gasteiger partial charge in [-0.05, 0) is 71.7 Å². The number of esters is 1. The molecule has 0 aliphatic rings. The molecule has 0 spiro atoms. The van der Waals surface area contributed by atoms with Crippen LogP contribution in [0.2, 0.25) is 0 Å². The van der Waals surface area contributed by atoms with Crippen molar-refractivity contribution in [1.82, 2.24) is 5.32 Å². The number of ether oxygens (including phenoxy) is 3. The van der Waals surface area contributed by atoms with Crippen LogP contribution < -0.4 is 15.4 Å². The van der Waals surface area contributed by atoms with Gasteiger partial charge < -0.3 is 24.8 Å². The molecule has 0 aromatic heterocycles. The molecule has 0 radical (unpaired) electrons. The van der Waals surface area contributed by atoms with E-state index in [1.807, 2.05) is 18.2 Å². The topological polar surface area (TPSA) is 85.9 Å². The number of alkyl carbamates (subject to hydrolysis) is 1. The number of carbonyl (C=O) groups is 2. The number of methoxy groups -OCH3 is 1. The quantitative estimate of drug-likeness (QED) is 0.432. The van der Waals surface area contributed by atoms with Gasteiger partial charge in [-0.1, -0.05) is 0 Å². The lowest BCUT2D eigenvalue weighted by Crippen LogP contribution is -2.42. The summed E-state index contributed by atoms with van der Waals surface area (Å²) in [6.45, 7) is 11.4. The van der Waals surface area contributed by atoms with E-state index in [-0.39, 0.29) is 6.42 Å². The first-order chi connectivity index (χ1) is 13.8. The van der Waals surface area contributed by atoms with E-state index in [2.05, 4.69) is 10.6 Å². The van der Waals surface area contributed by atoms with Crippen molar-refractivity contribution in [2.24, 2.45) is 0 Å². The Hall–Kier alpha value is -2.15. The Bertz CT molecular complexity index is 680. The largest absolute Gasteiger partial charge is 0.496 e. The highest BCUT2D eigenvalue weighted by molar-refractivity contribution is 6.18. The highest BCUT2D eigenvalue weighted by Gasteiger charge is 2.25. The maximum absolute atomic E-state index is 12.4. The zero-order valence-corrected chi connectivity index (χ0v) is 19.8. The summed E-state index contributed by atoms with van der Waals surface area (Å²) in [5.41, 5.74) is 0.446. The maximum atomic E-state index is 12.4. The van der Waals surface area contributed by atoms with E-state index < -0.39 is 29.3 Å². The molecular weight excluding hydrogens is 408 g/mol. The molecule has 8 heteroatoms. The van der Waals surface area contributed by atoms with E-state index in [0.717, 1.165) is 11.3 Å². The van der Waals surface area contributed by atoms with Crippen molar-refractivity contribution in [2.45, 2.75) is 71.6 Å². The minimum atomic E-state index is -0.649. The number of rotatable bonds is 9. The minimum absolute atomic E-state index is 0.000989. The third-order valence-corrected chi connectivity index (χ3v) is 3.91. The third kappa shape index (κ3) is 10.6. The van der Waals surface area contributed by atoms with Crippen molar-refractivity contribution in [3.63, 3.8) is 0 Å². The number of halogens is 1. The van der Waals surface area contributed by atoms with Crippen molar-refractivity contribution >= 4 is 29.4 Å². The molecule has 1 rings (SSSR count). The maximum Gasteiger partial charge on any atom is 0.407 e. The summed E-state index contributed by atoms with van der Waals surface area (Å²) in [7, 11) is 1.58. The van der Waals surface area contributed by atoms with Crippen molar-refractivity contribution in [2.75, 3.05) is 24.9 Å². The molecule has 0 bridgehead atoms. The van der Waals surface area contributed by atoms with Gasteiger partial charge in [0.15, 0.2) is 0 Å². The number of hydrogen-bond donors (Lipinski definition) is 2. The van der Waals surface area contributed by atoms with E-state index in [1.54, 1.807) is 48.7 Å². The molecule has 0 aliphatic heterocycles. The van der Waals surface area contributed by atoms with Crippen LogP contribution >= 0.6 is 11.6 Å². The molecule has 1 amide bonds. The summed E-state index contributed by atoms with van der Waals surface area (Å²) in [6, 6.07) is 5.11. The second-order valence-electron chi connectivity index (χ2n) is 8.98. The Labute approximate surface area is 184 Å². The molecule has 0 aliphatic carbocycles.